The lowest BCUT2D eigenvalue weighted by Crippen LogP contribution is -2.30. The molecule has 1 N–H and O–H groups in total. The Hall–Kier alpha value is -2.20. The van der Waals surface area contributed by atoms with Crippen LogP contribution in [-0.4, -0.2) is 41.5 Å². The molecular formula is C11H15N5O2. The van der Waals surface area contributed by atoms with E-state index in [4.69, 9.17) is 5.26 Å². The second-order valence-electron chi connectivity index (χ2n) is 4.24. The third-order valence-electron chi connectivity index (χ3n) is 2.21. The minimum absolute atomic E-state index is 0.125. The van der Waals surface area contributed by atoms with E-state index in [-0.39, 0.29) is 17.4 Å². The van der Waals surface area contributed by atoms with Gasteiger partial charge in [-0.2, -0.15) is 5.26 Å². The summed E-state index contributed by atoms with van der Waals surface area (Å²) in [5.41, 5.74) is -0.453. The average molecular weight is 249 g/mol. The zero-order valence-electron chi connectivity index (χ0n) is 10.5. The van der Waals surface area contributed by atoms with Crippen LogP contribution in [0, 0.1) is 21.4 Å². The molecule has 0 spiro atoms. The van der Waals surface area contributed by atoms with Gasteiger partial charge in [0, 0.05) is 18.7 Å². The molecule has 1 atom stereocenters. The van der Waals surface area contributed by atoms with Crippen LogP contribution in [0.25, 0.3) is 0 Å². The Labute approximate surface area is 105 Å². The smallest absolute Gasteiger partial charge is 0.305 e. The third-order valence-corrected chi connectivity index (χ3v) is 2.21. The molecule has 0 aromatic carbocycles. The van der Waals surface area contributed by atoms with E-state index < -0.39 is 4.92 Å². The number of pyridine rings is 1. The van der Waals surface area contributed by atoms with Gasteiger partial charge in [0.15, 0.2) is 0 Å². The zero-order chi connectivity index (χ0) is 13.7. The number of anilines is 1. The minimum atomic E-state index is -0.613. The Morgan fingerprint density at radius 1 is 1.61 bits per heavy atom. The summed E-state index contributed by atoms with van der Waals surface area (Å²) >= 11 is 0. The van der Waals surface area contributed by atoms with E-state index in [2.05, 4.69) is 10.3 Å². The lowest BCUT2D eigenvalue weighted by Gasteiger charge is -2.18. The van der Waals surface area contributed by atoms with E-state index in [0.717, 1.165) is 6.54 Å². The van der Waals surface area contributed by atoms with Crippen LogP contribution in [0.1, 0.15) is 12.6 Å². The molecule has 0 bridgehead atoms. The molecule has 1 rings (SSSR count). The molecule has 1 unspecified atom stereocenters. The largest absolute Gasteiger partial charge is 0.366 e. The van der Waals surface area contributed by atoms with Gasteiger partial charge < -0.3 is 10.2 Å². The standard InChI is InChI=1S/C11H15N5O2/c1-8(7-15(2)3)13-11-5-4-10(16(17)18)9(6-12)14-11/h4-5,8H,7H2,1-3H3,(H,13,14). The summed E-state index contributed by atoms with van der Waals surface area (Å²) in [6, 6.07) is 4.65. The Kier molecular flexibility index (Phi) is 4.57. The topological polar surface area (TPSA) is 95.1 Å². The number of hydrogen-bond acceptors (Lipinski definition) is 6. The van der Waals surface area contributed by atoms with Crippen molar-refractivity contribution in [3.8, 4) is 6.07 Å². The van der Waals surface area contributed by atoms with Crippen molar-refractivity contribution in [3.05, 3.63) is 27.9 Å². The molecule has 0 amide bonds. The van der Waals surface area contributed by atoms with Crippen molar-refractivity contribution in [2.24, 2.45) is 0 Å². The molecule has 7 heteroatoms. The maximum Gasteiger partial charge on any atom is 0.305 e. The highest BCUT2D eigenvalue weighted by atomic mass is 16.6. The van der Waals surface area contributed by atoms with Gasteiger partial charge in [-0.05, 0) is 27.1 Å². The van der Waals surface area contributed by atoms with E-state index in [9.17, 15) is 10.1 Å². The lowest BCUT2D eigenvalue weighted by molar-refractivity contribution is -0.385. The SMILES string of the molecule is CC(CN(C)C)Nc1ccc([N+](=O)[O-])c(C#N)n1. The highest BCUT2D eigenvalue weighted by molar-refractivity contribution is 5.50. The van der Waals surface area contributed by atoms with Crippen molar-refractivity contribution < 1.29 is 4.92 Å². The van der Waals surface area contributed by atoms with Crippen LogP contribution in [0.3, 0.4) is 0 Å². The summed E-state index contributed by atoms with van der Waals surface area (Å²) in [5, 5.41) is 22.6. The molecule has 1 aromatic heterocycles. The average Bonchev–Trinajstić information content (AvgIpc) is 2.27. The van der Waals surface area contributed by atoms with Crippen LogP contribution in [0.2, 0.25) is 0 Å². The van der Waals surface area contributed by atoms with Crippen LogP contribution in [0.5, 0.6) is 0 Å². The molecule has 0 saturated carbocycles. The highest BCUT2D eigenvalue weighted by Gasteiger charge is 2.16. The second kappa shape index (κ2) is 5.93. The van der Waals surface area contributed by atoms with Gasteiger partial charge in [-0.25, -0.2) is 4.98 Å². The maximum absolute atomic E-state index is 10.6. The summed E-state index contributed by atoms with van der Waals surface area (Å²) in [7, 11) is 3.89. The van der Waals surface area contributed by atoms with Crippen molar-refractivity contribution in [1.82, 2.24) is 9.88 Å². The molecule has 0 aliphatic carbocycles. The summed E-state index contributed by atoms with van der Waals surface area (Å²) in [6.07, 6.45) is 0. The highest BCUT2D eigenvalue weighted by Crippen LogP contribution is 2.18. The molecular weight excluding hydrogens is 234 g/mol. The first-order chi connectivity index (χ1) is 8.43. The van der Waals surface area contributed by atoms with Crippen molar-refractivity contribution in [1.29, 1.82) is 5.26 Å². The Morgan fingerprint density at radius 2 is 2.28 bits per heavy atom. The second-order valence-corrected chi connectivity index (χ2v) is 4.24. The number of aromatic nitrogens is 1. The molecule has 0 radical (unpaired) electrons. The van der Waals surface area contributed by atoms with Gasteiger partial charge in [0.25, 0.3) is 0 Å². The number of hydrogen-bond donors (Lipinski definition) is 1. The van der Waals surface area contributed by atoms with Crippen molar-refractivity contribution in [2.45, 2.75) is 13.0 Å². The predicted octanol–water partition coefficient (Wildman–Crippen LogP) is 1.22. The first kappa shape index (κ1) is 13.9. The van der Waals surface area contributed by atoms with Crippen LogP contribution >= 0.6 is 0 Å². The number of nitrogens with one attached hydrogen (secondary N) is 1. The van der Waals surface area contributed by atoms with Crippen molar-refractivity contribution in [2.75, 3.05) is 26.0 Å². The molecule has 7 nitrogen and oxygen atoms in total. The fraction of sp³-hybridized carbons (Fsp3) is 0.455. The zero-order valence-corrected chi connectivity index (χ0v) is 10.5. The Bertz CT molecular complexity index is 481. The first-order valence-electron chi connectivity index (χ1n) is 5.41. The monoisotopic (exact) mass is 249 g/mol. The van der Waals surface area contributed by atoms with Gasteiger partial charge in [0.1, 0.15) is 11.9 Å². The van der Waals surface area contributed by atoms with Gasteiger partial charge in [-0.3, -0.25) is 10.1 Å². The van der Waals surface area contributed by atoms with E-state index >= 15 is 0 Å². The van der Waals surface area contributed by atoms with Gasteiger partial charge >= 0.3 is 5.69 Å². The molecule has 0 fully saturated rings. The number of nitro groups is 1. The summed E-state index contributed by atoms with van der Waals surface area (Å²) < 4.78 is 0. The van der Waals surface area contributed by atoms with Crippen LogP contribution < -0.4 is 5.32 Å². The molecule has 96 valence electrons. The first-order valence-corrected chi connectivity index (χ1v) is 5.41. The number of likely N-dealkylation sites (N-methyl/N-ethyl adjacent to an activating group) is 1. The predicted molar refractivity (Wildman–Crippen MR) is 67.2 cm³/mol. The molecule has 1 aromatic rings. The van der Waals surface area contributed by atoms with Crippen LogP contribution in [-0.2, 0) is 0 Å². The molecule has 1 heterocycles. The van der Waals surface area contributed by atoms with E-state index in [1.54, 1.807) is 6.07 Å². The molecule has 0 saturated heterocycles. The van der Waals surface area contributed by atoms with Gasteiger partial charge in [-0.15, -0.1) is 0 Å². The fourth-order valence-electron chi connectivity index (χ4n) is 1.61. The van der Waals surface area contributed by atoms with E-state index in [1.807, 2.05) is 25.9 Å². The third kappa shape index (κ3) is 3.68. The normalized spacial score (nSPS) is 11.9. The Morgan fingerprint density at radius 3 is 2.78 bits per heavy atom. The number of rotatable bonds is 5. The van der Waals surface area contributed by atoms with Gasteiger partial charge in [-0.1, -0.05) is 0 Å². The quantitative estimate of drug-likeness (QED) is 0.622. The van der Waals surface area contributed by atoms with Crippen molar-refractivity contribution in [3.63, 3.8) is 0 Å². The summed E-state index contributed by atoms with van der Waals surface area (Å²) in [6.45, 7) is 2.76. The van der Waals surface area contributed by atoms with Gasteiger partial charge in [0.05, 0.1) is 4.92 Å². The van der Waals surface area contributed by atoms with Crippen molar-refractivity contribution >= 4 is 11.5 Å². The van der Waals surface area contributed by atoms with Crippen LogP contribution in [0.4, 0.5) is 11.5 Å². The minimum Gasteiger partial charge on any atom is -0.366 e. The molecule has 0 aliphatic heterocycles. The maximum atomic E-state index is 10.6. The number of nitriles is 1. The van der Waals surface area contributed by atoms with Gasteiger partial charge in [0.2, 0.25) is 5.69 Å². The Balaban J connectivity index is 2.87. The summed E-state index contributed by atoms with van der Waals surface area (Å²) in [5.74, 6) is 0.464. The van der Waals surface area contributed by atoms with E-state index in [0.29, 0.717) is 5.82 Å². The molecule has 0 aliphatic rings. The fourth-order valence-corrected chi connectivity index (χ4v) is 1.61. The van der Waals surface area contributed by atoms with E-state index in [1.165, 1.54) is 12.1 Å². The lowest BCUT2D eigenvalue weighted by atomic mass is 10.3. The number of nitrogens with zero attached hydrogens (tertiary/aromatic N) is 4. The molecule has 18 heavy (non-hydrogen) atoms. The van der Waals surface area contributed by atoms with Crippen LogP contribution in [0.15, 0.2) is 12.1 Å². The summed E-state index contributed by atoms with van der Waals surface area (Å²) in [4.78, 5) is 16.0.